The van der Waals surface area contributed by atoms with Gasteiger partial charge >= 0.3 is 0 Å². The Morgan fingerprint density at radius 2 is 1.67 bits per heavy atom. The van der Waals surface area contributed by atoms with E-state index in [9.17, 15) is 0 Å². The largest absolute Gasteiger partial charge is 0.305 e. The van der Waals surface area contributed by atoms with Gasteiger partial charge in [0.25, 0.3) is 0 Å². The zero-order chi connectivity index (χ0) is 20.0. The van der Waals surface area contributed by atoms with Gasteiger partial charge in [0.05, 0.1) is 0 Å². The lowest BCUT2D eigenvalue weighted by atomic mass is 9.51. The molecule has 1 nitrogen and oxygen atoms in total. The molecule has 4 rings (SSSR count). The molecule has 0 amide bonds. The van der Waals surface area contributed by atoms with E-state index in [0.717, 1.165) is 41.7 Å². The summed E-state index contributed by atoms with van der Waals surface area (Å²) in [7, 11) is 0. The molecule has 0 bridgehead atoms. The van der Waals surface area contributed by atoms with Crippen molar-refractivity contribution in [2.75, 3.05) is 0 Å². The Balaban J connectivity index is 0.000000389. The Hall–Kier alpha value is -1.37. The number of nitrogens with one attached hydrogen (secondary N) is 1. The molecule has 0 spiro atoms. The maximum atomic E-state index is 7.96. The second-order valence-corrected chi connectivity index (χ2v) is 8.67. The first kappa shape index (κ1) is 21.9. The second kappa shape index (κ2) is 9.71. The highest BCUT2D eigenvalue weighted by molar-refractivity contribution is 5.93. The quantitative estimate of drug-likeness (QED) is 0.381. The van der Waals surface area contributed by atoms with E-state index in [1.54, 1.807) is 17.7 Å². The summed E-state index contributed by atoms with van der Waals surface area (Å²) in [6.45, 7) is 17.5. The van der Waals surface area contributed by atoms with Crippen LogP contribution < -0.4 is 0 Å². The van der Waals surface area contributed by atoms with Crippen LogP contribution in [0.3, 0.4) is 0 Å². The summed E-state index contributed by atoms with van der Waals surface area (Å²) in [6, 6.07) is 0. The van der Waals surface area contributed by atoms with E-state index in [1.807, 2.05) is 13.8 Å². The Morgan fingerprint density at radius 3 is 2.30 bits per heavy atom. The van der Waals surface area contributed by atoms with Gasteiger partial charge in [0, 0.05) is 5.71 Å². The minimum Gasteiger partial charge on any atom is -0.305 e. The number of hydrogen-bond donors (Lipinski definition) is 1. The van der Waals surface area contributed by atoms with Gasteiger partial charge in [-0.25, -0.2) is 0 Å². The molecule has 3 fully saturated rings. The van der Waals surface area contributed by atoms with E-state index in [2.05, 4.69) is 38.8 Å². The van der Waals surface area contributed by atoms with Gasteiger partial charge in [0.15, 0.2) is 0 Å². The van der Waals surface area contributed by atoms with Crippen LogP contribution in [0.4, 0.5) is 0 Å². The Kier molecular flexibility index (Phi) is 7.89. The fourth-order valence-electron chi connectivity index (χ4n) is 6.65. The van der Waals surface area contributed by atoms with Crippen LogP contribution in [0.25, 0.3) is 0 Å². The van der Waals surface area contributed by atoms with Crippen molar-refractivity contribution in [2.24, 2.45) is 35.0 Å². The van der Waals surface area contributed by atoms with Crippen LogP contribution in [0.5, 0.6) is 0 Å². The van der Waals surface area contributed by atoms with Crippen molar-refractivity contribution < 1.29 is 0 Å². The van der Waals surface area contributed by atoms with Crippen molar-refractivity contribution in [3.05, 3.63) is 49.6 Å². The van der Waals surface area contributed by atoms with Crippen LogP contribution in [0.2, 0.25) is 0 Å². The van der Waals surface area contributed by atoms with Crippen molar-refractivity contribution >= 4 is 5.71 Å². The molecule has 1 N–H and O–H groups in total. The monoisotopic (exact) mass is 367 g/mol. The highest BCUT2D eigenvalue weighted by atomic mass is 14.6. The number of fused-ring (bicyclic) bond motifs is 5. The van der Waals surface area contributed by atoms with Gasteiger partial charge in [-0.3, -0.25) is 0 Å². The third kappa shape index (κ3) is 4.08. The fraction of sp³-hybridized carbons (Fsp3) is 0.654. The predicted molar refractivity (Wildman–Crippen MR) is 120 cm³/mol. The van der Waals surface area contributed by atoms with Crippen molar-refractivity contribution in [3.8, 4) is 0 Å². The summed E-state index contributed by atoms with van der Waals surface area (Å²) < 4.78 is 0. The first-order chi connectivity index (χ1) is 13.1. The Labute approximate surface area is 168 Å². The average molecular weight is 368 g/mol. The zero-order valence-corrected chi connectivity index (χ0v) is 18.0. The van der Waals surface area contributed by atoms with Crippen LogP contribution in [0, 0.1) is 40.4 Å². The molecule has 3 saturated carbocycles. The van der Waals surface area contributed by atoms with Gasteiger partial charge in [0.2, 0.25) is 0 Å². The van der Waals surface area contributed by atoms with Gasteiger partial charge in [-0.1, -0.05) is 57.7 Å². The van der Waals surface area contributed by atoms with Gasteiger partial charge < -0.3 is 5.41 Å². The molecule has 1 heteroatoms. The van der Waals surface area contributed by atoms with Crippen molar-refractivity contribution in [1.82, 2.24) is 0 Å². The van der Waals surface area contributed by atoms with Gasteiger partial charge in [-0.15, -0.1) is 6.58 Å². The minimum absolute atomic E-state index is 0.462. The van der Waals surface area contributed by atoms with E-state index < -0.39 is 0 Å². The molecule has 0 aromatic rings. The van der Waals surface area contributed by atoms with Crippen LogP contribution in [0.1, 0.15) is 72.1 Å². The molecule has 0 heterocycles. The first-order valence-electron chi connectivity index (χ1n) is 11.2. The molecule has 0 saturated heterocycles. The Morgan fingerprint density at radius 1 is 0.963 bits per heavy atom. The maximum Gasteiger partial charge on any atom is 0.0313 e. The van der Waals surface area contributed by atoms with Gasteiger partial charge in [-0.05, 0) is 92.4 Å². The van der Waals surface area contributed by atoms with Crippen LogP contribution >= 0.6 is 0 Å². The molecular weight excluding hydrogens is 326 g/mol. The van der Waals surface area contributed by atoms with E-state index in [4.69, 9.17) is 5.41 Å². The van der Waals surface area contributed by atoms with Crippen molar-refractivity contribution in [1.29, 1.82) is 5.41 Å². The molecule has 6 atom stereocenters. The van der Waals surface area contributed by atoms with E-state index >= 15 is 0 Å². The fourth-order valence-corrected chi connectivity index (χ4v) is 6.65. The lowest BCUT2D eigenvalue weighted by Gasteiger charge is -2.54. The predicted octanol–water partition coefficient (Wildman–Crippen LogP) is 7.77. The Bertz CT molecular complexity index is 577. The van der Waals surface area contributed by atoms with Crippen molar-refractivity contribution in [2.45, 2.75) is 72.1 Å². The van der Waals surface area contributed by atoms with Gasteiger partial charge in [-0.2, -0.15) is 0 Å². The molecule has 6 unspecified atom stereocenters. The maximum absolute atomic E-state index is 7.96. The van der Waals surface area contributed by atoms with E-state index in [-0.39, 0.29) is 0 Å². The molecule has 0 aliphatic heterocycles. The molecule has 0 aromatic heterocycles. The average Bonchev–Trinajstić information content (AvgIpc) is 3.06. The lowest BCUT2D eigenvalue weighted by molar-refractivity contribution is 0.00117. The molecule has 0 aromatic carbocycles. The number of allylic oxidation sites excluding steroid dienone is 5. The summed E-state index contributed by atoms with van der Waals surface area (Å²) in [4.78, 5) is 0. The third-order valence-corrected chi connectivity index (χ3v) is 7.89. The number of rotatable bonds is 2. The summed E-state index contributed by atoms with van der Waals surface area (Å²) in [5, 5.41) is 7.96. The molecule has 150 valence electrons. The first-order valence-corrected chi connectivity index (χ1v) is 11.2. The lowest BCUT2D eigenvalue weighted by Crippen LogP contribution is -2.46. The topological polar surface area (TPSA) is 23.9 Å². The normalized spacial score (nSPS) is 39.0. The van der Waals surface area contributed by atoms with E-state index in [1.165, 1.54) is 44.9 Å². The van der Waals surface area contributed by atoms with Crippen molar-refractivity contribution in [3.63, 3.8) is 0 Å². The summed E-state index contributed by atoms with van der Waals surface area (Å²) in [5.41, 5.74) is 2.97. The molecular formula is C26H41N. The van der Waals surface area contributed by atoms with Crippen LogP contribution in [-0.2, 0) is 0 Å². The summed E-state index contributed by atoms with van der Waals surface area (Å²) >= 11 is 0. The van der Waals surface area contributed by atoms with Gasteiger partial charge in [0.1, 0.15) is 0 Å². The number of hydrogen-bond acceptors (Lipinski definition) is 1. The van der Waals surface area contributed by atoms with Crippen LogP contribution in [-0.4, -0.2) is 5.71 Å². The SMILES string of the molecule is C=CC12CCC3C4CCC(=N)C=C4CCC3C1CCC2C.C=CC=C.CC. The zero-order valence-electron chi connectivity index (χ0n) is 18.0. The highest BCUT2D eigenvalue weighted by Crippen LogP contribution is 2.64. The molecule has 27 heavy (non-hydrogen) atoms. The second-order valence-electron chi connectivity index (χ2n) is 8.67. The van der Waals surface area contributed by atoms with E-state index in [0.29, 0.717) is 5.41 Å². The molecule has 4 aliphatic carbocycles. The third-order valence-electron chi connectivity index (χ3n) is 7.89. The standard InChI is InChI=1S/C20H29N.C4H6.C2H6/c1-3-20-11-10-17-16-8-6-15(21)12-14(16)5-7-18(17)19(20)9-4-13(20)2;1-3-4-2;1-2/h3,12-13,16-19,21H,1,4-11H2,2H3;3-4H,1-2H2;1-2H3. The molecule has 4 aliphatic rings. The summed E-state index contributed by atoms with van der Waals surface area (Å²) in [5.74, 6) is 4.43. The summed E-state index contributed by atoms with van der Waals surface area (Å²) in [6.07, 6.45) is 18.4. The smallest absolute Gasteiger partial charge is 0.0313 e. The molecule has 0 radical (unpaired) electrons. The highest BCUT2D eigenvalue weighted by Gasteiger charge is 2.55. The minimum atomic E-state index is 0.462. The van der Waals surface area contributed by atoms with Crippen LogP contribution in [0.15, 0.2) is 49.6 Å².